The molecule has 0 aromatic carbocycles. The predicted molar refractivity (Wildman–Crippen MR) is 56.3 cm³/mol. The van der Waals surface area contributed by atoms with Crippen molar-refractivity contribution in [2.75, 3.05) is 11.9 Å². The Hall–Kier alpha value is -1.49. The van der Waals surface area contributed by atoms with Crippen LogP contribution in [0.5, 0.6) is 0 Å². The summed E-state index contributed by atoms with van der Waals surface area (Å²) >= 11 is 0. The second-order valence-electron chi connectivity index (χ2n) is 3.91. The molecule has 2 N–H and O–H groups in total. The van der Waals surface area contributed by atoms with E-state index in [0.717, 1.165) is 19.4 Å². The van der Waals surface area contributed by atoms with E-state index in [4.69, 9.17) is 0 Å². The fraction of sp³-hybridized carbons (Fsp3) is 0.500. The van der Waals surface area contributed by atoms with Gasteiger partial charge >= 0.3 is 0 Å². The van der Waals surface area contributed by atoms with Crippen molar-refractivity contribution in [3.63, 3.8) is 0 Å². The van der Waals surface area contributed by atoms with E-state index in [2.05, 4.69) is 20.6 Å². The lowest BCUT2D eigenvalue weighted by molar-refractivity contribution is -0.121. The van der Waals surface area contributed by atoms with Gasteiger partial charge in [-0.3, -0.25) is 9.78 Å². The Balaban J connectivity index is 2.04. The highest BCUT2D eigenvalue weighted by molar-refractivity contribution is 5.97. The van der Waals surface area contributed by atoms with Crippen LogP contribution in [0.15, 0.2) is 18.6 Å². The number of nitrogens with one attached hydrogen (secondary N) is 2. The van der Waals surface area contributed by atoms with E-state index >= 15 is 0 Å². The minimum absolute atomic E-state index is 0.0412. The van der Waals surface area contributed by atoms with Crippen molar-refractivity contribution in [2.45, 2.75) is 25.3 Å². The monoisotopic (exact) mass is 206 g/mol. The van der Waals surface area contributed by atoms with Crippen LogP contribution in [-0.4, -0.2) is 28.0 Å². The van der Waals surface area contributed by atoms with E-state index in [-0.39, 0.29) is 5.91 Å². The van der Waals surface area contributed by atoms with Gasteiger partial charge in [0.25, 0.3) is 0 Å². The topological polar surface area (TPSA) is 66.9 Å². The first-order chi connectivity index (χ1) is 7.21. The van der Waals surface area contributed by atoms with Gasteiger partial charge in [-0.25, -0.2) is 4.98 Å². The molecule has 15 heavy (non-hydrogen) atoms. The number of hydrogen-bond acceptors (Lipinski definition) is 4. The van der Waals surface area contributed by atoms with Crippen LogP contribution in [0.25, 0.3) is 0 Å². The number of nitrogens with zero attached hydrogens (tertiary/aromatic N) is 2. The second-order valence-corrected chi connectivity index (χ2v) is 3.91. The van der Waals surface area contributed by atoms with Gasteiger partial charge in [0.2, 0.25) is 5.91 Å². The number of amides is 1. The largest absolute Gasteiger partial charge is 0.308 e. The van der Waals surface area contributed by atoms with Crippen molar-refractivity contribution in [1.29, 1.82) is 0 Å². The SMILES string of the molecule is CC1(C(=O)Nc2cnccn2)CCCN1. The van der Waals surface area contributed by atoms with E-state index in [9.17, 15) is 4.79 Å². The van der Waals surface area contributed by atoms with Crippen LogP contribution in [0.3, 0.4) is 0 Å². The van der Waals surface area contributed by atoms with Crippen molar-refractivity contribution in [3.8, 4) is 0 Å². The van der Waals surface area contributed by atoms with Crippen LogP contribution >= 0.6 is 0 Å². The Morgan fingerprint density at radius 3 is 3.07 bits per heavy atom. The fourth-order valence-electron chi connectivity index (χ4n) is 1.71. The zero-order valence-electron chi connectivity index (χ0n) is 8.66. The zero-order valence-corrected chi connectivity index (χ0v) is 8.66. The molecule has 0 radical (unpaired) electrons. The molecule has 1 amide bonds. The van der Waals surface area contributed by atoms with Gasteiger partial charge in [0.15, 0.2) is 5.82 Å². The van der Waals surface area contributed by atoms with Crippen molar-refractivity contribution in [3.05, 3.63) is 18.6 Å². The van der Waals surface area contributed by atoms with Crippen LogP contribution < -0.4 is 10.6 Å². The average molecular weight is 206 g/mol. The molecule has 80 valence electrons. The Bertz CT molecular complexity index is 346. The molecule has 5 nitrogen and oxygen atoms in total. The molecule has 1 saturated heterocycles. The summed E-state index contributed by atoms with van der Waals surface area (Å²) in [4.78, 5) is 19.8. The van der Waals surface area contributed by atoms with Crippen molar-refractivity contribution >= 4 is 11.7 Å². The van der Waals surface area contributed by atoms with E-state index in [0.29, 0.717) is 5.82 Å². The van der Waals surface area contributed by atoms with Crippen LogP contribution in [0.2, 0.25) is 0 Å². The lowest BCUT2D eigenvalue weighted by atomic mass is 9.99. The maximum atomic E-state index is 11.9. The summed E-state index contributed by atoms with van der Waals surface area (Å²) in [6.07, 6.45) is 6.56. The number of rotatable bonds is 2. The third kappa shape index (κ3) is 2.12. The molecule has 0 saturated carbocycles. The fourth-order valence-corrected chi connectivity index (χ4v) is 1.71. The van der Waals surface area contributed by atoms with Crippen LogP contribution in [0.4, 0.5) is 5.82 Å². The molecule has 2 heterocycles. The van der Waals surface area contributed by atoms with Gasteiger partial charge < -0.3 is 10.6 Å². The van der Waals surface area contributed by atoms with Gasteiger partial charge in [0.1, 0.15) is 0 Å². The Morgan fingerprint density at radius 2 is 2.47 bits per heavy atom. The summed E-state index contributed by atoms with van der Waals surface area (Å²) in [7, 11) is 0. The first-order valence-corrected chi connectivity index (χ1v) is 5.03. The molecular formula is C10H14N4O. The maximum Gasteiger partial charge on any atom is 0.245 e. The van der Waals surface area contributed by atoms with E-state index in [1.807, 2.05) is 6.92 Å². The molecule has 1 aliphatic heterocycles. The smallest absolute Gasteiger partial charge is 0.245 e. The lowest BCUT2D eigenvalue weighted by Gasteiger charge is -2.22. The highest BCUT2D eigenvalue weighted by Gasteiger charge is 2.35. The number of hydrogen-bond donors (Lipinski definition) is 2. The summed E-state index contributed by atoms with van der Waals surface area (Å²) in [6, 6.07) is 0. The maximum absolute atomic E-state index is 11.9. The highest BCUT2D eigenvalue weighted by atomic mass is 16.2. The van der Waals surface area contributed by atoms with Crippen LogP contribution in [0, 0.1) is 0 Å². The van der Waals surface area contributed by atoms with Gasteiger partial charge in [-0.1, -0.05) is 0 Å². The number of carbonyl (C=O) groups is 1. The quantitative estimate of drug-likeness (QED) is 0.742. The van der Waals surface area contributed by atoms with Gasteiger partial charge in [-0.15, -0.1) is 0 Å². The molecule has 2 rings (SSSR count). The standard InChI is InChI=1S/C10H14N4O/c1-10(3-2-4-13-10)9(15)14-8-7-11-5-6-12-8/h5-7,13H,2-4H2,1H3,(H,12,14,15). The van der Waals surface area contributed by atoms with Crippen molar-refractivity contribution < 1.29 is 4.79 Å². The van der Waals surface area contributed by atoms with E-state index in [1.165, 1.54) is 6.20 Å². The Morgan fingerprint density at radius 1 is 1.60 bits per heavy atom. The summed E-state index contributed by atoms with van der Waals surface area (Å²) in [5.74, 6) is 0.456. The molecule has 1 aromatic rings. The third-order valence-corrected chi connectivity index (χ3v) is 2.67. The molecule has 1 aromatic heterocycles. The second kappa shape index (κ2) is 3.94. The zero-order chi connectivity index (χ0) is 10.7. The third-order valence-electron chi connectivity index (χ3n) is 2.67. The molecule has 1 aliphatic rings. The first-order valence-electron chi connectivity index (χ1n) is 5.03. The molecule has 0 bridgehead atoms. The number of aromatic nitrogens is 2. The van der Waals surface area contributed by atoms with E-state index in [1.54, 1.807) is 12.4 Å². The van der Waals surface area contributed by atoms with Crippen molar-refractivity contribution in [1.82, 2.24) is 15.3 Å². The van der Waals surface area contributed by atoms with Crippen LogP contribution in [-0.2, 0) is 4.79 Å². The molecule has 0 spiro atoms. The summed E-state index contributed by atoms with van der Waals surface area (Å²) in [6.45, 7) is 2.80. The van der Waals surface area contributed by atoms with Gasteiger partial charge in [-0.2, -0.15) is 0 Å². The van der Waals surface area contributed by atoms with Crippen molar-refractivity contribution in [2.24, 2.45) is 0 Å². The van der Waals surface area contributed by atoms with Gasteiger partial charge in [0, 0.05) is 12.4 Å². The molecular weight excluding hydrogens is 192 g/mol. The normalized spacial score (nSPS) is 25.1. The Kier molecular flexibility index (Phi) is 2.64. The molecule has 1 fully saturated rings. The lowest BCUT2D eigenvalue weighted by Crippen LogP contribution is -2.48. The summed E-state index contributed by atoms with van der Waals surface area (Å²) in [5.41, 5.74) is -0.461. The number of carbonyl (C=O) groups excluding carboxylic acids is 1. The molecule has 5 heteroatoms. The van der Waals surface area contributed by atoms with Gasteiger partial charge in [0.05, 0.1) is 11.7 Å². The minimum Gasteiger partial charge on any atom is -0.308 e. The minimum atomic E-state index is -0.461. The first kappa shape index (κ1) is 10.0. The highest BCUT2D eigenvalue weighted by Crippen LogP contribution is 2.19. The van der Waals surface area contributed by atoms with Crippen LogP contribution in [0.1, 0.15) is 19.8 Å². The van der Waals surface area contributed by atoms with Gasteiger partial charge in [-0.05, 0) is 26.3 Å². The summed E-state index contributed by atoms with van der Waals surface area (Å²) in [5, 5.41) is 5.94. The Labute approximate surface area is 88.3 Å². The predicted octanol–water partition coefficient (Wildman–Crippen LogP) is 0.557. The number of anilines is 1. The molecule has 1 unspecified atom stereocenters. The molecule has 0 aliphatic carbocycles. The molecule has 1 atom stereocenters. The summed E-state index contributed by atoms with van der Waals surface area (Å²) < 4.78 is 0. The van der Waals surface area contributed by atoms with E-state index < -0.39 is 5.54 Å². The average Bonchev–Trinajstić information content (AvgIpc) is 2.68.